The number of rotatable bonds is 4. The Hall–Kier alpha value is -0.620. The van der Waals surface area contributed by atoms with Gasteiger partial charge in [0, 0.05) is 12.8 Å². The molecule has 1 rings (SSSR count). The zero-order chi connectivity index (χ0) is 12.4. The number of hydrogen-bond acceptors (Lipinski definition) is 4. The van der Waals surface area contributed by atoms with Gasteiger partial charge in [-0.3, -0.25) is 4.79 Å². The Labute approximate surface area is 96.9 Å². The lowest BCUT2D eigenvalue weighted by Gasteiger charge is -2.23. The Morgan fingerprint density at radius 1 is 1.50 bits per heavy atom. The quantitative estimate of drug-likeness (QED) is 0.715. The Balaban J connectivity index is 2.48. The Bertz CT molecular complexity index is 356. The molecule has 1 aliphatic heterocycles. The molecule has 1 amide bonds. The molecular formula is C10H20N2O3S. The van der Waals surface area contributed by atoms with Gasteiger partial charge in [0.2, 0.25) is 5.91 Å². The van der Waals surface area contributed by atoms with Crippen LogP contribution < -0.4 is 10.6 Å². The van der Waals surface area contributed by atoms with Gasteiger partial charge in [0.1, 0.15) is 0 Å². The lowest BCUT2D eigenvalue weighted by atomic mass is 10.2. The smallest absolute Gasteiger partial charge is 0.237 e. The van der Waals surface area contributed by atoms with Crippen molar-refractivity contribution < 1.29 is 13.2 Å². The first-order chi connectivity index (χ1) is 7.24. The molecule has 0 aromatic heterocycles. The van der Waals surface area contributed by atoms with E-state index >= 15 is 0 Å². The summed E-state index contributed by atoms with van der Waals surface area (Å²) in [5.41, 5.74) is 0. The van der Waals surface area contributed by atoms with Crippen LogP contribution >= 0.6 is 0 Å². The fourth-order valence-corrected chi connectivity index (χ4v) is 1.80. The van der Waals surface area contributed by atoms with E-state index in [2.05, 4.69) is 10.6 Å². The Kier molecular flexibility index (Phi) is 3.96. The van der Waals surface area contributed by atoms with Crippen LogP contribution in [-0.4, -0.2) is 44.5 Å². The molecule has 5 nitrogen and oxygen atoms in total. The highest BCUT2D eigenvalue weighted by atomic mass is 32.2. The van der Waals surface area contributed by atoms with E-state index in [1.54, 1.807) is 13.8 Å². The van der Waals surface area contributed by atoms with Crippen molar-refractivity contribution in [3.05, 3.63) is 0 Å². The van der Waals surface area contributed by atoms with Crippen molar-refractivity contribution in [1.82, 2.24) is 10.6 Å². The molecule has 2 N–H and O–H groups in total. The predicted molar refractivity (Wildman–Crippen MR) is 63.0 cm³/mol. The minimum absolute atomic E-state index is 0.103. The molecule has 0 unspecified atom stereocenters. The lowest BCUT2D eigenvalue weighted by molar-refractivity contribution is -0.122. The summed E-state index contributed by atoms with van der Waals surface area (Å²) in [5.74, 6) is -0.103. The van der Waals surface area contributed by atoms with Gasteiger partial charge in [-0.2, -0.15) is 0 Å². The topological polar surface area (TPSA) is 75.3 Å². The van der Waals surface area contributed by atoms with Crippen molar-refractivity contribution >= 4 is 15.7 Å². The van der Waals surface area contributed by atoms with E-state index in [1.165, 1.54) is 6.26 Å². The second-order valence-electron chi connectivity index (χ2n) is 4.90. The van der Waals surface area contributed by atoms with E-state index in [9.17, 15) is 13.2 Å². The van der Waals surface area contributed by atoms with Gasteiger partial charge in [-0.05, 0) is 33.2 Å². The summed E-state index contributed by atoms with van der Waals surface area (Å²) < 4.78 is 21.9. The van der Waals surface area contributed by atoms with Crippen molar-refractivity contribution in [2.24, 2.45) is 0 Å². The van der Waals surface area contributed by atoms with Crippen LogP contribution in [0.1, 0.15) is 26.7 Å². The van der Waals surface area contributed by atoms with E-state index in [1.807, 2.05) is 0 Å². The van der Waals surface area contributed by atoms with Crippen LogP contribution in [0.5, 0.6) is 0 Å². The minimum atomic E-state index is -3.16. The largest absolute Gasteiger partial charge is 0.353 e. The van der Waals surface area contributed by atoms with Gasteiger partial charge in [0.25, 0.3) is 0 Å². The minimum Gasteiger partial charge on any atom is -0.353 e. The third kappa shape index (κ3) is 3.18. The zero-order valence-corrected chi connectivity index (χ0v) is 10.9. The SMILES string of the molecule is CC(C)(CNC(=O)[C@@H]1CCCN1)S(C)(=O)=O. The summed E-state index contributed by atoms with van der Waals surface area (Å²) in [7, 11) is -3.16. The standard InChI is InChI=1S/C10H20N2O3S/c1-10(2,16(3,14)15)7-12-9(13)8-5-4-6-11-8/h8,11H,4-7H2,1-3H3,(H,12,13)/t8-/m0/s1. The molecule has 6 heteroatoms. The molecule has 16 heavy (non-hydrogen) atoms. The van der Waals surface area contributed by atoms with Crippen molar-refractivity contribution in [2.75, 3.05) is 19.3 Å². The molecule has 0 saturated carbocycles. The van der Waals surface area contributed by atoms with E-state index in [0.29, 0.717) is 0 Å². The second-order valence-corrected chi connectivity index (χ2v) is 7.55. The number of nitrogens with one attached hydrogen (secondary N) is 2. The molecule has 1 aliphatic rings. The van der Waals surface area contributed by atoms with E-state index < -0.39 is 14.6 Å². The molecule has 94 valence electrons. The second kappa shape index (κ2) is 4.71. The highest BCUT2D eigenvalue weighted by Crippen LogP contribution is 2.14. The molecular weight excluding hydrogens is 228 g/mol. The summed E-state index contributed by atoms with van der Waals surface area (Å²) in [6.45, 7) is 4.24. The van der Waals surface area contributed by atoms with Gasteiger partial charge in [0.05, 0.1) is 10.8 Å². The molecule has 1 heterocycles. The fourth-order valence-electron chi connectivity index (χ4n) is 1.46. The van der Waals surface area contributed by atoms with Crippen LogP contribution in [0.15, 0.2) is 0 Å². The van der Waals surface area contributed by atoms with Crippen LogP contribution in [0, 0.1) is 0 Å². The number of amides is 1. The summed E-state index contributed by atoms with van der Waals surface area (Å²) in [6.07, 6.45) is 3.01. The van der Waals surface area contributed by atoms with Crippen LogP contribution in [0.2, 0.25) is 0 Å². The number of sulfone groups is 1. The molecule has 0 aliphatic carbocycles. The molecule has 1 atom stereocenters. The van der Waals surface area contributed by atoms with Crippen LogP contribution in [-0.2, 0) is 14.6 Å². The zero-order valence-electron chi connectivity index (χ0n) is 10.0. The van der Waals surface area contributed by atoms with Crippen molar-refractivity contribution in [3.63, 3.8) is 0 Å². The Morgan fingerprint density at radius 3 is 2.56 bits per heavy atom. The van der Waals surface area contributed by atoms with E-state index in [0.717, 1.165) is 19.4 Å². The average molecular weight is 248 g/mol. The number of carbonyl (C=O) groups is 1. The first-order valence-corrected chi connectivity index (χ1v) is 7.34. The van der Waals surface area contributed by atoms with E-state index in [4.69, 9.17) is 0 Å². The summed E-state index contributed by atoms with van der Waals surface area (Å²) >= 11 is 0. The van der Waals surface area contributed by atoms with Crippen molar-refractivity contribution in [3.8, 4) is 0 Å². The number of hydrogen-bond donors (Lipinski definition) is 2. The van der Waals surface area contributed by atoms with Crippen LogP contribution in [0.4, 0.5) is 0 Å². The van der Waals surface area contributed by atoms with Crippen LogP contribution in [0.3, 0.4) is 0 Å². The molecule has 0 spiro atoms. The Morgan fingerprint density at radius 2 is 2.12 bits per heavy atom. The summed E-state index contributed by atoms with van der Waals surface area (Å²) in [5, 5.41) is 5.76. The summed E-state index contributed by atoms with van der Waals surface area (Å²) in [4.78, 5) is 11.7. The van der Waals surface area contributed by atoms with Crippen LogP contribution in [0.25, 0.3) is 0 Å². The van der Waals surface area contributed by atoms with Gasteiger partial charge in [-0.25, -0.2) is 8.42 Å². The predicted octanol–water partition coefficient (Wildman–Crippen LogP) is -0.322. The fraction of sp³-hybridized carbons (Fsp3) is 0.900. The van der Waals surface area contributed by atoms with Gasteiger partial charge in [-0.15, -0.1) is 0 Å². The third-order valence-corrected chi connectivity index (χ3v) is 5.22. The molecule has 1 saturated heterocycles. The maximum atomic E-state index is 11.7. The van der Waals surface area contributed by atoms with Gasteiger partial charge in [0.15, 0.2) is 9.84 Å². The third-order valence-electron chi connectivity index (χ3n) is 3.07. The van der Waals surface area contributed by atoms with Crippen molar-refractivity contribution in [2.45, 2.75) is 37.5 Å². The molecule has 0 aromatic carbocycles. The highest BCUT2D eigenvalue weighted by Gasteiger charge is 2.31. The van der Waals surface area contributed by atoms with Crippen molar-refractivity contribution in [1.29, 1.82) is 0 Å². The van der Waals surface area contributed by atoms with Gasteiger partial charge >= 0.3 is 0 Å². The first-order valence-electron chi connectivity index (χ1n) is 5.45. The normalized spacial score (nSPS) is 22.1. The maximum absolute atomic E-state index is 11.7. The molecule has 0 bridgehead atoms. The number of carbonyl (C=O) groups excluding carboxylic acids is 1. The van der Waals surface area contributed by atoms with Gasteiger partial charge in [-0.1, -0.05) is 0 Å². The molecule has 1 fully saturated rings. The van der Waals surface area contributed by atoms with Gasteiger partial charge < -0.3 is 10.6 Å². The molecule has 0 radical (unpaired) electrons. The first kappa shape index (κ1) is 13.4. The lowest BCUT2D eigenvalue weighted by Crippen LogP contribution is -2.48. The molecule has 0 aromatic rings. The maximum Gasteiger partial charge on any atom is 0.237 e. The summed E-state index contributed by atoms with van der Waals surface area (Å²) in [6, 6.07) is -0.157. The average Bonchev–Trinajstić information content (AvgIpc) is 2.65. The highest BCUT2D eigenvalue weighted by molar-refractivity contribution is 7.92. The monoisotopic (exact) mass is 248 g/mol. The van der Waals surface area contributed by atoms with E-state index in [-0.39, 0.29) is 18.5 Å².